The second kappa shape index (κ2) is 9.00. The zero-order valence-corrected chi connectivity index (χ0v) is 17.8. The molecular weight excluding hydrogens is 422 g/mol. The lowest BCUT2D eigenvalue weighted by Gasteiger charge is -2.26. The van der Waals surface area contributed by atoms with Gasteiger partial charge >= 0.3 is 0 Å². The van der Waals surface area contributed by atoms with Crippen molar-refractivity contribution in [1.82, 2.24) is 19.9 Å². The highest BCUT2D eigenvalue weighted by atomic mass is 32.2. The number of hydrogen-bond donors (Lipinski definition) is 2. The third-order valence-electron chi connectivity index (χ3n) is 4.92. The van der Waals surface area contributed by atoms with E-state index in [1.54, 1.807) is 24.3 Å². The van der Waals surface area contributed by atoms with Crippen LogP contribution in [-0.4, -0.2) is 79.1 Å². The van der Waals surface area contributed by atoms with Gasteiger partial charge in [-0.15, -0.1) is 0 Å². The van der Waals surface area contributed by atoms with Crippen LogP contribution in [0.1, 0.15) is 0 Å². The number of methoxy groups -OCH3 is 1. The maximum absolute atomic E-state index is 12.5. The molecule has 31 heavy (non-hydrogen) atoms. The molecular formula is C20H23N5O5S. The molecule has 3 aromatic rings. The number of fused-ring (bicyclic) bond motifs is 1. The van der Waals surface area contributed by atoms with Gasteiger partial charge in [-0.2, -0.15) is 0 Å². The Morgan fingerprint density at radius 3 is 2.77 bits per heavy atom. The molecule has 0 spiro atoms. The Hall–Kier alpha value is -3.02. The Morgan fingerprint density at radius 2 is 2.00 bits per heavy atom. The third kappa shape index (κ3) is 5.19. The second-order valence-electron chi connectivity index (χ2n) is 7.06. The van der Waals surface area contributed by atoms with E-state index >= 15 is 0 Å². The predicted octanol–water partition coefficient (Wildman–Crippen LogP) is 1.48. The Balaban J connectivity index is 1.53. The van der Waals surface area contributed by atoms with E-state index in [0.29, 0.717) is 42.4 Å². The number of rotatable bonds is 7. The zero-order valence-electron chi connectivity index (χ0n) is 17.0. The highest BCUT2D eigenvalue weighted by Crippen LogP contribution is 2.31. The first kappa shape index (κ1) is 21.2. The number of sulfonamides is 1. The Morgan fingerprint density at radius 1 is 1.19 bits per heavy atom. The van der Waals surface area contributed by atoms with Crippen LogP contribution in [0.3, 0.4) is 0 Å². The first-order chi connectivity index (χ1) is 14.9. The molecule has 4 rings (SSSR count). The summed E-state index contributed by atoms with van der Waals surface area (Å²) in [6, 6.07) is 8.41. The number of ether oxygens (including phenoxy) is 2. The third-order valence-corrected chi connectivity index (χ3v) is 6.16. The summed E-state index contributed by atoms with van der Waals surface area (Å²) >= 11 is 0. The number of aromatic nitrogens is 3. The first-order valence-electron chi connectivity index (χ1n) is 9.75. The molecule has 0 amide bonds. The van der Waals surface area contributed by atoms with Gasteiger partial charge in [0.1, 0.15) is 5.52 Å². The second-order valence-corrected chi connectivity index (χ2v) is 8.90. The summed E-state index contributed by atoms with van der Waals surface area (Å²) in [5.41, 5.74) is 2.14. The number of pyridine rings is 1. The summed E-state index contributed by atoms with van der Waals surface area (Å²) in [6.07, 6.45) is 1.37. The highest BCUT2D eigenvalue weighted by Gasteiger charge is 2.17. The van der Waals surface area contributed by atoms with Crippen molar-refractivity contribution in [3.63, 3.8) is 0 Å². The fraction of sp³-hybridized carbons (Fsp3) is 0.350. The Kier molecular flexibility index (Phi) is 6.16. The van der Waals surface area contributed by atoms with E-state index in [0.717, 1.165) is 18.7 Å². The molecule has 0 aliphatic carbocycles. The van der Waals surface area contributed by atoms with Gasteiger partial charge in [-0.05, 0) is 30.3 Å². The lowest BCUT2D eigenvalue weighted by Crippen LogP contribution is -2.39. The number of phenols is 1. The molecule has 1 aliphatic rings. The summed E-state index contributed by atoms with van der Waals surface area (Å²) < 4.78 is 37.9. The van der Waals surface area contributed by atoms with Crippen molar-refractivity contribution >= 4 is 27.0 Å². The topological polar surface area (TPSA) is 127 Å². The number of hydrogen-bond acceptors (Lipinski definition) is 9. The molecule has 0 bridgehead atoms. The Bertz CT molecular complexity index is 1180. The van der Waals surface area contributed by atoms with Gasteiger partial charge in [0, 0.05) is 25.2 Å². The van der Waals surface area contributed by atoms with Crippen molar-refractivity contribution < 1.29 is 23.0 Å². The van der Waals surface area contributed by atoms with Crippen LogP contribution in [0, 0.1) is 0 Å². The van der Waals surface area contributed by atoms with E-state index in [1.165, 1.54) is 19.4 Å². The van der Waals surface area contributed by atoms with Crippen molar-refractivity contribution in [3.05, 3.63) is 36.5 Å². The number of aromatic hydroxyl groups is 1. The van der Waals surface area contributed by atoms with Gasteiger partial charge in [0.25, 0.3) is 0 Å². The maximum Gasteiger partial charge on any atom is 0.235 e. The van der Waals surface area contributed by atoms with Crippen LogP contribution in [0.2, 0.25) is 0 Å². The molecule has 11 heteroatoms. The van der Waals surface area contributed by atoms with Crippen LogP contribution in [0.25, 0.3) is 22.4 Å². The van der Waals surface area contributed by atoms with E-state index in [-0.39, 0.29) is 17.3 Å². The summed E-state index contributed by atoms with van der Waals surface area (Å²) in [5.74, 6) is 0.420. The van der Waals surface area contributed by atoms with E-state index in [9.17, 15) is 13.5 Å². The van der Waals surface area contributed by atoms with E-state index in [1.807, 2.05) is 0 Å². The van der Waals surface area contributed by atoms with Gasteiger partial charge in [-0.3, -0.25) is 9.62 Å². The van der Waals surface area contributed by atoms with Crippen LogP contribution in [0.4, 0.5) is 5.82 Å². The zero-order chi connectivity index (χ0) is 21.8. The summed E-state index contributed by atoms with van der Waals surface area (Å²) in [7, 11) is -2.12. The minimum atomic E-state index is -3.59. The van der Waals surface area contributed by atoms with Crippen molar-refractivity contribution in [3.8, 4) is 22.8 Å². The van der Waals surface area contributed by atoms with E-state index in [2.05, 4.69) is 24.6 Å². The molecule has 0 radical (unpaired) electrons. The highest BCUT2D eigenvalue weighted by molar-refractivity contribution is 7.92. The lowest BCUT2D eigenvalue weighted by atomic mass is 10.1. The normalized spacial score (nSPS) is 15.1. The summed E-state index contributed by atoms with van der Waals surface area (Å²) in [5, 5.41) is 9.78. The molecule has 2 N–H and O–H groups in total. The van der Waals surface area contributed by atoms with Crippen molar-refractivity contribution in [2.45, 2.75) is 0 Å². The van der Waals surface area contributed by atoms with Crippen LogP contribution in [0.5, 0.6) is 11.5 Å². The minimum Gasteiger partial charge on any atom is -0.504 e. The average Bonchev–Trinajstić information content (AvgIpc) is 2.78. The molecule has 0 atom stereocenters. The largest absolute Gasteiger partial charge is 0.504 e. The number of morpholine rings is 1. The Labute approximate surface area is 179 Å². The monoisotopic (exact) mass is 445 g/mol. The van der Waals surface area contributed by atoms with Gasteiger partial charge < -0.3 is 14.6 Å². The number of anilines is 1. The van der Waals surface area contributed by atoms with Crippen LogP contribution in [0.15, 0.2) is 36.5 Å². The van der Waals surface area contributed by atoms with Gasteiger partial charge in [0.15, 0.2) is 23.0 Å². The molecule has 1 fully saturated rings. The fourth-order valence-corrected chi connectivity index (χ4v) is 4.25. The average molecular weight is 446 g/mol. The standard InChI is InChI=1S/C20H23N5O5S/c1-29-18-12-14(2-5-17(18)26)15-3-4-16-20(22-15)23-19(13-21-16)24-31(27,28)11-8-25-6-9-30-10-7-25/h2-5,12-13,26H,6-11H2,1H3,(H,22,23,24). The fourth-order valence-electron chi connectivity index (χ4n) is 3.23. The summed E-state index contributed by atoms with van der Waals surface area (Å²) in [4.78, 5) is 15.1. The molecule has 1 aromatic carbocycles. The van der Waals surface area contributed by atoms with Crippen LogP contribution >= 0.6 is 0 Å². The van der Waals surface area contributed by atoms with Gasteiger partial charge in [-0.25, -0.2) is 23.4 Å². The van der Waals surface area contributed by atoms with Gasteiger partial charge in [-0.1, -0.05) is 0 Å². The van der Waals surface area contributed by atoms with Gasteiger partial charge in [0.2, 0.25) is 10.0 Å². The maximum atomic E-state index is 12.5. The molecule has 0 saturated carbocycles. The predicted molar refractivity (Wildman–Crippen MR) is 116 cm³/mol. The quantitative estimate of drug-likeness (QED) is 0.556. The minimum absolute atomic E-state index is 0.0283. The first-order valence-corrected chi connectivity index (χ1v) is 11.4. The molecule has 1 aliphatic heterocycles. The molecule has 1 saturated heterocycles. The molecule has 2 aromatic heterocycles. The number of nitrogens with one attached hydrogen (secondary N) is 1. The number of nitrogens with zero attached hydrogens (tertiary/aromatic N) is 4. The smallest absolute Gasteiger partial charge is 0.235 e. The molecule has 3 heterocycles. The number of phenolic OH excluding ortho intramolecular Hbond substituents is 1. The van der Waals surface area contributed by atoms with E-state index < -0.39 is 10.0 Å². The summed E-state index contributed by atoms with van der Waals surface area (Å²) in [6.45, 7) is 3.10. The van der Waals surface area contributed by atoms with Crippen molar-refractivity contribution in [1.29, 1.82) is 0 Å². The molecule has 10 nitrogen and oxygen atoms in total. The van der Waals surface area contributed by atoms with Gasteiger partial charge in [0.05, 0.1) is 38.0 Å². The number of benzene rings is 1. The lowest BCUT2D eigenvalue weighted by molar-refractivity contribution is 0.0408. The molecule has 0 unspecified atom stereocenters. The van der Waals surface area contributed by atoms with Crippen LogP contribution in [-0.2, 0) is 14.8 Å². The SMILES string of the molecule is COc1cc(-c2ccc3ncc(NS(=O)(=O)CCN4CCOCC4)nc3n2)ccc1O. The van der Waals surface area contributed by atoms with Crippen molar-refractivity contribution in [2.75, 3.05) is 50.4 Å². The van der Waals surface area contributed by atoms with Crippen LogP contribution < -0.4 is 9.46 Å². The van der Waals surface area contributed by atoms with E-state index in [4.69, 9.17) is 9.47 Å². The van der Waals surface area contributed by atoms with Crippen molar-refractivity contribution in [2.24, 2.45) is 0 Å². The molecule has 164 valence electrons.